The average Bonchev–Trinajstić information content (AvgIpc) is 2.90. The molecule has 2 amide bonds. The van der Waals surface area contributed by atoms with Crippen LogP contribution in [0.1, 0.15) is 49.3 Å². The van der Waals surface area contributed by atoms with Gasteiger partial charge in [0.1, 0.15) is 0 Å². The molecule has 0 spiro atoms. The lowest BCUT2D eigenvalue weighted by Gasteiger charge is -2.24. The molecule has 0 aliphatic rings. The smallest absolute Gasteiger partial charge is 0.238 e. The molecule has 8 nitrogen and oxygen atoms in total. The fraction of sp³-hybridized carbons (Fsp3) is 0.483. The van der Waals surface area contributed by atoms with Crippen molar-refractivity contribution in [2.45, 2.75) is 64.0 Å². The van der Waals surface area contributed by atoms with Crippen molar-refractivity contribution in [3.05, 3.63) is 71.3 Å². The fourth-order valence-electron chi connectivity index (χ4n) is 4.16. The summed E-state index contributed by atoms with van der Waals surface area (Å²) in [7, 11) is 0. The summed E-state index contributed by atoms with van der Waals surface area (Å²) in [6.45, 7) is 3.44. The molecule has 2 aromatic carbocycles. The molecular formula is C29H43N5O3. The first-order valence-corrected chi connectivity index (χ1v) is 13.3. The quantitative estimate of drug-likeness (QED) is 0.256. The van der Waals surface area contributed by atoms with Gasteiger partial charge in [0, 0.05) is 32.6 Å². The molecule has 8 heteroatoms. The standard InChI is InChI=1S/C29H43N5O3/c1-2-3-7-23-10-12-24(13-11-23)20-27(35)26(15-14-22-8-5-4-6-9-22)33-29(37)25(32)21-28(36)34(18-16-30)19-17-31/h4-6,8-13,25-26H,2-3,7,14-21,30-32H2,1H3,(H,33,37)/t25-,26-/m0/s1. The van der Waals surface area contributed by atoms with E-state index >= 15 is 0 Å². The van der Waals surface area contributed by atoms with Gasteiger partial charge in [-0.25, -0.2) is 0 Å². The maximum absolute atomic E-state index is 13.3. The highest BCUT2D eigenvalue weighted by Crippen LogP contribution is 2.12. The third-order valence-corrected chi connectivity index (χ3v) is 6.37. The molecule has 0 saturated heterocycles. The zero-order chi connectivity index (χ0) is 27.0. The number of amides is 2. The number of rotatable bonds is 17. The maximum atomic E-state index is 13.3. The van der Waals surface area contributed by atoms with Crippen LogP contribution in [0.25, 0.3) is 0 Å². The van der Waals surface area contributed by atoms with Crippen LogP contribution in [0.5, 0.6) is 0 Å². The molecular weight excluding hydrogens is 466 g/mol. The molecule has 0 bridgehead atoms. The van der Waals surface area contributed by atoms with Crippen LogP contribution < -0.4 is 22.5 Å². The third-order valence-electron chi connectivity index (χ3n) is 6.37. The summed E-state index contributed by atoms with van der Waals surface area (Å²) in [6, 6.07) is 16.1. The van der Waals surface area contributed by atoms with E-state index in [9.17, 15) is 14.4 Å². The van der Waals surface area contributed by atoms with E-state index in [0.717, 1.165) is 30.4 Å². The molecule has 0 aliphatic heterocycles. The van der Waals surface area contributed by atoms with Crippen molar-refractivity contribution >= 4 is 17.6 Å². The Balaban J connectivity index is 2.06. The lowest BCUT2D eigenvalue weighted by Crippen LogP contribution is -2.51. The van der Waals surface area contributed by atoms with Crippen LogP contribution in [0.2, 0.25) is 0 Å². The van der Waals surface area contributed by atoms with Crippen molar-refractivity contribution in [1.82, 2.24) is 10.2 Å². The maximum Gasteiger partial charge on any atom is 0.238 e. The molecule has 2 aromatic rings. The van der Waals surface area contributed by atoms with E-state index in [2.05, 4.69) is 24.4 Å². The Bertz CT molecular complexity index is 959. The molecule has 37 heavy (non-hydrogen) atoms. The van der Waals surface area contributed by atoms with E-state index in [-0.39, 0.29) is 24.5 Å². The minimum absolute atomic E-state index is 0.0861. The number of ketones is 1. The lowest BCUT2D eigenvalue weighted by atomic mass is 9.96. The molecule has 0 unspecified atom stereocenters. The van der Waals surface area contributed by atoms with Crippen molar-refractivity contribution < 1.29 is 14.4 Å². The molecule has 202 valence electrons. The van der Waals surface area contributed by atoms with Crippen LogP contribution in [0.3, 0.4) is 0 Å². The van der Waals surface area contributed by atoms with Gasteiger partial charge in [0.05, 0.1) is 18.5 Å². The number of nitrogens with two attached hydrogens (primary N) is 3. The number of nitrogens with one attached hydrogen (secondary N) is 1. The van der Waals surface area contributed by atoms with Crippen LogP contribution in [0, 0.1) is 0 Å². The van der Waals surface area contributed by atoms with Gasteiger partial charge in [-0.15, -0.1) is 0 Å². The summed E-state index contributed by atoms with van der Waals surface area (Å²) in [5.74, 6) is -0.888. The van der Waals surface area contributed by atoms with Gasteiger partial charge in [-0.1, -0.05) is 67.9 Å². The number of hydrogen-bond donors (Lipinski definition) is 4. The van der Waals surface area contributed by atoms with Gasteiger partial charge in [-0.05, 0) is 42.4 Å². The Morgan fingerprint density at radius 3 is 2.05 bits per heavy atom. The Kier molecular flexibility index (Phi) is 13.6. The largest absolute Gasteiger partial charge is 0.345 e. The summed E-state index contributed by atoms with van der Waals surface area (Å²) in [5, 5.41) is 2.82. The predicted octanol–water partition coefficient (Wildman–Crippen LogP) is 1.72. The minimum atomic E-state index is -1.07. The first kappa shape index (κ1) is 30.2. The first-order chi connectivity index (χ1) is 17.9. The van der Waals surface area contributed by atoms with E-state index in [0.29, 0.717) is 39.0 Å². The highest BCUT2D eigenvalue weighted by molar-refractivity contribution is 5.93. The molecule has 2 atom stereocenters. The SMILES string of the molecule is CCCCc1ccc(CC(=O)[C@H](CCc2ccccc2)NC(=O)[C@@H](N)CC(=O)N(CCN)CCN)cc1. The number of Topliss-reactive ketones (excluding diaryl/α,β-unsaturated/α-hetero) is 1. The Labute approximate surface area is 221 Å². The summed E-state index contributed by atoms with van der Waals surface area (Å²) >= 11 is 0. The summed E-state index contributed by atoms with van der Waals surface area (Å²) in [5.41, 5.74) is 20.5. The molecule has 0 aliphatic carbocycles. The molecule has 0 fully saturated rings. The van der Waals surface area contributed by atoms with Crippen molar-refractivity contribution in [3.63, 3.8) is 0 Å². The highest BCUT2D eigenvalue weighted by Gasteiger charge is 2.26. The van der Waals surface area contributed by atoms with E-state index in [1.165, 1.54) is 10.5 Å². The summed E-state index contributed by atoms with van der Waals surface area (Å²) in [4.78, 5) is 40.3. The second-order valence-corrected chi connectivity index (χ2v) is 9.42. The molecule has 0 heterocycles. The number of nitrogens with zero attached hydrogens (tertiary/aromatic N) is 1. The number of carbonyl (C=O) groups excluding carboxylic acids is 3. The number of hydrogen-bond acceptors (Lipinski definition) is 6. The highest BCUT2D eigenvalue weighted by atomic mass is 16.2. The van der Waals surface area contributed by atoms with E-state index in [1.807, 2.05) is 42.5 Å². The van der Waals surface area contributed by atoms with Crippen molar-refractivity contribution in [2.24, 2.45) is 17.2 Å². The first-order valence-electron chi connectivity index (χ1n) is 13.3. The second kappa shape index (κ2) is 16.6. The Morgan fingerprint density at radius 1 is 0.865 bits per heavy atom. The minimum Gasteiger partial charge on any atom is -0.345 e. The molecule has 2 rings (SSSR count). The topological polar surface area (TPSA) is 145 Å². The van der Waals surface area contributed by atoms with E-state index in [4.69, 9.17) is 17.2 Å². The van der Waals surface area contributed by atoms with Gasteiger partial charge in [0.2, 0.25) is 11.8 Å². The van der Waals surface area contributed by atoms with Gasteiger partial charge < -0.3 is 27.4 Å². The monoisotopic (exact) mass is 509 g/mol. The number of unbranched alkanes of at least 4 members (excludes halogenated alkanes) is 1. The van der Waals surface area contributed by atoms with Crippen LogP contribution in [-0.4, -0.2) is 60.8 Å². The molecule has 0 aromatic heterocycles. The van der Waals surface area contributed by atoms with E-state index < -0.39 is 18.0 Å². The van der Waals surface area contributed by atoms with Crippen LogP contribution in [0.15, 0.2) is 54.6 Å². The van der Waals surface area contributed by atoms with Gasteiger partial charge in [-0.2, -0.15) is 0 Å². The summed E-state index contributed by atoms with van der Waals surface area (Å²) in [6.07, 6.45) is 4.39. The number of aryl methyl sites for hydroxylation is 2. The number of carbonyl (C=O) groups is 3. The summed E-state index contributed by atoms with van der Waals surface area (Å²) < 4.78 is 0. The van der Waals surface area contributed by atoms with Gasteiger partial charge >= 0.3 is 0 Å². The lowest BCUT2D eigenvalue weighted by molar-refractivity contribution is -0.134. The van der Waals surface area contributed by atoms with Gasteiger partial charge in [-0.3, -0.25) is 14.4 Å². The van der Waals surface area contributed by atoms with Crippen molar-refractivity contribution in [3.8, 4) is 0 Å². The molecule has 0 saturated carbocycles. The van der Waals surface area contributed by atoms with Gasteiger partial charge in [0.15, 0.2) is 5.78 Å². The second-order valence-electron chi connectivity index (χ2n) is 9.42. The normalized spacial score (nSPS) is 12.5. The van der Waals surface area contributed by atoms with Crippen LogP contribution in [-0.2, 0) is 33.6 Å². The van der Waals surface area contributed by atoms with Crippen LogP contribution in [0.4, 0.5) is 0 Å². The zero-order valence-corrected chi connectivity index (χ0v) is 22.0. The fourth-order valence-corrected chi connectivity index (χ4v) is 4.16. The third kappa shape index (κ3) is 10.8. The van der Waals surface area contributed by atoms with E-state index in [1.54, 1.807) is 0 Å². The van der Waals surface area contributed by atoms with Crippen LogP contribution >= 0.6 is 0 Å². The van der Waals surface area contributed by atoms with Crippen molar-refractivity contribution in [2.75, 3.05) is 26.2 Å². The molecule has 0 radical (unpaired) electrons. The predicted molar refractivity (Wildman–Crippen MR) is 148 cm³/mol. The van der Waals surface area contributed by atoms with Crippen molar-refractivity contribution in [1.29, 1.82) is 0 Å². The Hall–Kier alpha value is -3.07. The average molecular weight is 510 g/mol. The number of benzene rings is 2. The molecule has 7 N–H and O–H groups in total. The zero-order valence-electron chi connectivity index (χ0n) is 22.0. The van der Waals surface area contributed by atoms with Gasteiger partial charge in [0.25, 0.3) is 0 Å². The Morgan fingerprint density at radius 2 is 1.46 bits per heavy atom.